The summed E-state index contributed by atoms with van der Waals surface area (Å²) in [6, 6.07) is 22.7. The lowest BCUT2D eigenvalue weighted by atomic mass is 10.0. The predicted octanol–water partition coefficient (Wildman–Crippen LogP) is 5.87. The molecule has 37 heavy (non-hydrogen) atoms. The third-order valence-electron chi connectivity index (χ3n) is 5.91. The van der Waals surface area contributed by atoms with Crippen LogP contribution >= 0.6 is 12.2 Å². The van der Waals surface area contributed by atoms with E-state index in [4.69, 9.17) is 21.7 Å². The quantitative estimate of drug-likeness (QED) is 0.204. The molecule has 0 aromatic heterocycles. The van der Waals surface area contributed by atoms with Crippen molar-refractivity contribution in [1.82, 2.24) is 4.90 Å². The van der Waals surface area contributed by atoms with Crippen molar-refractivity contribution < 1.29 is 14.3 Å². The fraction of sp³-hybridized carbons (Fsp3) is 0.167. The Balaban J connectivity index is 1.71. The second-order valence-electron chi connectivity index (χ2n) is 8.34. The number of anilines is 1. The highest BCUT2D eigenvalue weighted by Gasteiger charge is 2.36. The maximum atomic E-state index is 13.4. The van der Waals surface area contributed by atoms with Crippen molar-refractivity contribution in [2.24, 2.45) is 0 Å². The van der Waals surface area contributed by atoms with Crippen LogP contribution in [0.25, 0.3) is 6.08 Å². The molecule has 0 unspecified atom stereocenters. The number of amides is 1. The molecule has 0 spiro atoms. The molecule has 6 nitrogen and oxygen atoms in total. The average Bonchev–Trinajstić information content (AvgIpc) is 3.12. The predicted molar refractivity (Wildman–Crippen MR) is 149 cm³/mol. The lowest BCUT2D eigenvalue weighted by molar-refractivity contribution is -0.114. The van der Waals surface area contributed by atoms with Crippen molar-refractivity contribution in [3.8, 4) is 17.6 Å². The third-order valence-corrected chi connectivity index (χ3v) is 6.36. The summed E-state index contributed by atoms with van der Waals surface area (Å²) < 4.78 is 12.2. The SMILES string of the molecule is C=CCc1cc(/C=C2/C(=O)N(c3ccccc3)C(=S)N2C)cc(OCC)c1OCc1ccccc1C#N. The van der Waals surface area contributed by atoms with E-state index >= 15 is 0 Å². The molecule has 1 aliphatic rings. The van der Waals surface area contributed by atoms with Crippen LogP contribution in [-0.4, -0.2) is 29.6 Å². The van der Waals surface area contributed by atoms with Gasteiger partial charge in [-0.2, -0.15) is 5.26 Å². The van der Waals surface area contributed by atoms with E-state index < -0.39 is 0 Å². The van der Waals surface area contributed by atoms with Gasteiger partial charge in [-0.1, -0.05) is 42.5 Å². The van der Waals surface area contributed by atoms with Crippen LogP contribution in [-0.2, 0) is 17.8 Å². The molecule has 1 heterocycles. The maximum absolute atomic E-state index is 13.4. The summed E-state index contributed by atoms with van der Waals surface area (Å²) in [5.74, 6) is 0.943. The highest BCUT2D eigenvalue weighted by Crippen LogP contribution is 2.36. The Bertz CT molecular complexity index is 1410. The molecule has 4 rings (SSSR count). The van der Waals surface area contributed by atoms with Crippen molar-refractivity contribution in [1.29, 1.82) is 5.26 Å². The van der Waals surface area contributed by atoms with Crippen LogP contribution in [0.1, 0.15) is 29.2 Å². The Morgan fingerprint density at radius 2 is 1.78 bits per heavy atom. The van der Waals surface area contributed by atoms with Crippen LogP contribution in [0.3, 0.4) is 0 Å². The summed E-state index contributed by atoms with van der Waals surface area (Å²) in [5.41, 5.74) is 4.16. The third kappa shape index (κ3) is 5.40. The van der Waals surface area contributed by atoms with Crippen LogP contribution in [0, 0.1) is 11.3 Å². The van der Waals surface area contributed by atoms with Crippen LogP contribution in [0.2, 0.25) is 0 Å². The molecule has 0 atom stereocenters. The van der Waals surface area contributed by atoms with Crippen LogP contribution in [0.5, 0.6) is 11.5 Å². The number of hydrogen-bond donors (Lipinski definition) is 0. The minimum absolute atomic E-state index is 0.199. The molecule has 1 amide bonds. The lowest BCUT2D eigenvalue weighted by Crippen LogP contribution is -2.30. The van der Waals surface area contributed by atoms with Gasteiger partial charge in [-0.25, -0.2) is 0 Å². The number of ether oxygens (including phenoxy) is 2. The van der Waals surface area contributed by atoms with Gasteiger partial charge in [0.25, 0.3) is 5.91 Å². The average molecular weight is 510 g/mol. The van der Waals surface area contributed by atoms with E-state index in [0.717, 1.165) is 22.4 Å². The molecule has 186 valence electrons. The van der Waals surface area contributed by atoms with Crippen molar-refractivity contribution in [2.75, 3.05) is 18.6 Å². The summed E-state index contributed by atoms with van der Waals surface area (Å²) >= 11 is 5.58. The molecule has 0 saturated carbocycles. The number of nitrogens with zero attached hydrogens (tertiary/aromatic N) is 3. The lowest BCUT2D eigenvalue weighted by Gasteiger charge is -2.18. The first-order chi connectivity index (χ1) is 18.0. The van der Waals surface area contributed by atoms with E-state index in [1.165, 1.54) is 4.90 Å². The first-order valence-electron chi connectivity index (χ1n) is 11.9. The Kier molecular flexibility index (Phi) is 8.02. The van der Waals surface area contributed by atoms with E-state index in [1.54, 1.807) is 30.2 Å². The molecule has 0 aliphatic carbocycles. The smallest absolute Gasteiger partial charge is 0.281 e. The molecule has 0 bridgehead atoms. The highest BCUT2D eigenvalue weighted by atomic mass is 32.1. The minimum atomic E-state index is -0.199. The van der Waals surface area contributed by atoms with E-state index in [1.807, 2.05) is 67.6 Å². The van der Waals surface area contributed by atoms with Crippen molar-refractivity contribution in [3.63, 3.8) is 0 Å². The number of carbonyl (C=O) groups excluding carboxylic acids is 1. The van der Waals surface area contributed by atoms with E-state index in [-0.39, 0.29) is 12.5 Å². The normalized spacial score (nSPS) is 14.1. The van der Waals surface area contributed by atoms with Crippen LogP contribution < -0.4 is 14.4 Å². The second kappa shape index (κ2) is 11.5. The number of hydrogen-bond acceptors (Lipinski definition) is 5. The molecular weight excluding hydrogens is 482 g/mol. The molecule has 1 fully saturated rings. The van der Waals surface area contributed by atoms with E-state index in [0.29, 0.717) is 40.9 Å². The Labute approximate surface area is 222 Å². The summed E-state index contributed by atoms with van der Waals surface area (Å²) in [6.45, 7) is 6.44. The number of carbonyl (C=O) groups is 1. The number of allylic oxidation sites excluding steroid dienone is 1. The summed E-state index contributed by atoms with van der Waals surface area (Å²) in [6.07, 6.45) is 4.13. The number of benzene rings is 3. The number of para-hydroxylation sites is 1. The van der Waals surface area contributed by atoms with E-state index in [9.17, 15) is 10.1 Å². The number of nitriles is 1. The topological polar surface area (TPSA) is 65.8 Å². The Morgan fingerprint density at radius 1 is 1.05 bits per heavy atom. The van der Waals surface area contributed by atoms with Gasteiger partial charge in [0.15, 0.2) is 16.6 Å². The first kappa shape index (κ1) is 25.7. The Hall–Kier alpha value is -4.41. The molecule has 1 saturated heterocycles. The molecule has 7 heteroatoms. The van der Waals surface area contributed by atoms with Gasteiger partial charge in [0.2, 0.25) is 0 Å². The number of likely N-dealkylation sites (N-methyl/N-ethyl adjacent to an activating group) is 1. The molecule has 3 aromatic carbocycles. The van der Waals surface area contributed by atoms with Crippen molar-refractivity contribution >= 4 is 35.0 Å². The van der Waals surface area contributed by atoms with Crippen molar-refractivity contribution in [3.05, 3.63) is 107 Å². The van der Waals surface area contributed by atoms with Gasteiger partial charge < -0.3 is 14.4 Å². The first-order valence-corrected chi connectivity index (χ1v) is 12.3. The molecule has 1 aliphatic heterocycles. The van der Waals surface area contributed by atoms with Crippen molar-refractivity contribution in [2.45, 2.75) is 20.0 Å². The largest absolute Gasteiger partial charge is 0.490 e. The van der Waals surface area contributed by atoms with E-state index in [2.05, 4.69) is 12.6 Å². The van der Waals surface area contributed by atoms with Crippen LogP contribution in [0.4, 0.5) is 5.69 Å². The number of thiocarbonyl (C=S) groups is 1. The summed E-state index contributed by atoms with van der Waals surface area (Å²) in [5, 5.41) is 9.84. The van der Waals surface area contributed by atoms with Gasteiger partial charge in [-0.15, -0.1) is 6.58 Å². The molecular formula is C30H27N3O3S. The van der Waals surface area contributed by atoms with Gasteiger partial charge in [-0.05, 0) is 67.5 Å². The Morgan fingerprint density at radius 3 is 2.49 bits per heavy atom. The van der Waals surface area contributed by atoms with Gasteiger partial charge in [0.1, 0.15) is 12.3 Å². The molecule has 0 radical (unpaired) electrons. The van der Waals surface area contributed by atoms with Gasteiger partial charge >= 0.3 is 0 Å². The van der Waals surface area contributed by atoms with Gasteiger partial charge in [0.05, 0.1) is 23.9 Å². The fourth-order valence-corrected chi connectivity index (χ4v) is 4.41. The zero-order chi connectivity index (χ0) is 26.4. The second-order valence-corrected chi connectivity index (χ2v) is 8.70. The highest BCUT2D eigenvalue weighted by molar-refractivity contribution is 7.80. The minimum Gasteiger partial charge on any atom is -0.490 e. The zero-order valence-electron chi connectivity index (χ0n) is 20.8. The standard InChI is InChI=1S/C30H27N3O3S/c1-4-11-22-16-21(17-26-29(34)33(30(37)32(26)3)25-14-7-6-8-15-25)18-27(35-5-2)28(22)36-20-24-13-10-9-12-23(24)19-31/h4,6-10,12-18H,1,5,11,20H2,2-3H3/b26-17-. The van der Waals surface area contributed by atoms with Gasteiger partial charge in [-0.3, -0.25) is 9.69 Å². The van der Waals surface area contributed by atoms with Gasteiger partial charge in [0, 0.05) is 18.2 Å². The zero-order valence-corrected chi connectivity index (χ0v) is 21.6. The molecule has 3 aromatic rings. The molecule has 0 N–H and O–H groups in total. The van der Waals surface area contributed by atoms with Crippen LogP contribution in [0.15, 0.2) is 85.1 Å². The summed E-state index contributed by atoms with van der Waals surface area (Å²) in [4.78, 5) is 16.6. The monoisotopic (exact) mass is 509 g/mol. The fourth-order valence-electron chi connectivity index (χ4n) is 4.12. The maximum Gasteiger partial charge on any atom is 0.281 e. The summed E-state index contributed by atoms with van der Waals surface area (Å²) in [7, 11) is 1.78. The number of rotatable bonds is 9.